The van der Waals surface area contributed by atoms with E-state index in [9.17, 15) is 0 Å². The second kappa shape index (κ2) is 5.49. The van der Waals surface area contributed by atoms with Crippen LogP contribution in [0.5, 0.6) is 0 Å². The molecule has 3 atom stereocenters. The Morgan fingerprint density at radius 1 is 1.20 bits per heavy atom. The molecule has 2 heterocycles. The molecule has 2 aliphatic rings. The number of nitrogens with zero attached hydrogens (tertiary/aromatic N) is 4. The third-order valence-corrected chi connectivity index (χ3v) is 3.90. The molecule has 4 heteroatoms. The molecule has 3 unspecified atom stereocenters. The average molecular weight is 266 g/mol. The van der Waals surface area contributed by atoms with Crippen molar-refractivity contribution in [3.8, 4) is 0 Å². The van der Waals surface area contributed by atoms with E-state index in [1.807, 2.05) is 18.6 Å². The molecule has 3 rings (SSSR count). The molecule has 0 N–H and O–H groups in total. The van der Waals surface area contributed by atoms with Crippen LogP contribution in [0.1, 0.15) is 31.7 Å². The third kappa shape index (κ3) is 2.59. The van der Waals surface area contributed by atoms with E-state index in [1.165, 1.54) is 16.7 Å². The van der Waals surface area contributed by atoms with Crippen LogP contribution in [0.2, 0.25) is 0 Å². The van der Waals surface area contributed by atoms with Crippen molar-refractivity contribution in [3.63, 3.8) is 0 Å². The van der Waals surface area contributed by atoms with Crippen LogP contribution < -0.4 is 0 Å². The van der Waals surface area contributed by atoms with Gasteiger partial charge in [-0.1, -0.05) is 23.3 Å². The molecule has 102 valence electrons. The minimum Gasteiger partial charge on any atom is -0.269 e. The Labute approximate surface area is 119 Å². The highest BCUT2D eigenvalue weighted by molar-refractivity contribution is 5.79. The Morgan fingerprint density at radius 3 is 2.75 bits per heavy atom. The van der Waals surface area contributed by atoms with Gasteiger partial charge in [0.1, 0.15) is 12.7 Å². The van der Waals surface area contributed by atoms with Crippen LogP contribution in [0.15, 0.2) is 52.0 Å². The van der Waals surface area contributed by atoms with Crippen LogP contribution >= 0.6 is 0 Å². The largest absolute Gasteiger partial charge is 0.269 e. The average Bonchev–Trinajstić information content (AvgIpc) is 2.48. The first-order chi connectivity index (χ1) is 9.74. The molecule has 0 saturated heterocycles. The lowest BCUT2D eigenvalue weighted by Gasteiger charge is -2.27. The maximum absolute atomic E-state index is 4.40. The lowest BCUT2D eigenvalue weighted by Crippen LogP contribution is -2.24. The lowest BCUT2D eigenvalue weighted by atomic mass is 9.80. The molecule has 1 aliphatic heterocycles. The van der Waals surface area contributed by atoms with Crippen molar-refractivity contribution in [2.75, 3.05) is 0 Å². The van der Waals surface area contributed by atoms with Crippen molar-refractivity contribution < 1.29 is 0 Å². The summed E-state index contributed by atoms with van der Waals surface area (Å²) in [6.45, 7) is 4.28. The minimum atomic E-state index is 0.261. The van der Waals surface area contributed by atoms with Gasteiger partial charge in [-0.3, -0.25) is 4.99 Å². The number of allylic oxidation sites excluding steroid dienone is 3. The fourth-order valence-electron chi connectivity index (χ4n) is 2.88. The molecule has 0 radical (unpaired) electrons. The summed E-state index contributed by atoms with van der Waals surface area (Å²) in [4.78, 5) is 16.9. The van der Waals surface area contributed by atoms with Gasteiger partial charge >= 0.3 is 0 Å². The van der Waals surface area contributed by atoms with E-state index in [2.05, 4.69) is 46.0 Å². The Balaban J connectivity index is 1.86. The van der Waals surface area contributed by atoms with Crippen molar-refractivity contribution in [1.29, 1.82) is 0 Å². The first-order valence-electron chi connectivity index (χ1n) is 6.93. The van der Waals surface area contributed by atoms with Crippen LogP contribution in [0.3, 0.4) is 0 Å². The Bertz CT molecular complexity index is 598. The highest BCUT2D eigenvalue weighted by atomic mass is 14.9. The lowest BCUT2D eigenvalue weighted by molar-refractivity contribution is 0.601. The second-order valence-corrected chi connectivity index (χ2v) is 5.44. The van der Waals surface area contributed by atoms with E-state index >= 15 is 0 Å². The Hall–Kier alpha value is -2.10. The fourth-order valence-corrected chi connectivity index (χ4v) is 2.88. The summed E-state index contributed by atoms with van der Waals surface area (Å²) < 4.78 is 0. The predicted octanol–water partition coefficient (Wildman–Crippen LogP) is 2.95. The second-order valence-electron chi connectivity index (χ2n) is 5.44. The van der Waals surface area contributed by atoms with E-state index in [0.29, 0.717) is 11.8 Å². The number of hydrogen-bond acceptors (Lipinski definition) is 4. The van der Waals surface area contributed by atoms with E-state index in [0.717, 1.165) is 6.42 Å². The normalized spacial score (nSPS) is 29.0. The highest BCUT2D eigenvalue weighted by Gasteiger charge is 2.25. The summed E-state index contributed by atoms with van der Waals surface area (Å²) in [5.41, 5.74) is 3.85. The standard InChI is InChI=1S/C16H18N4/c1-11-3-13(15-6-17-9-18-7-15)5-14(4-11)16-8-19-10-20-12(16)2/h3-4,6-10,12-13,16H,5H2,1-2H3. The van der Waals surface area contributed by atoms with Gasteiger partial charge in [-0.05, 0) is 25.8 Å². The SMILES string of the molecule is CC1=CC(c2cncnc2)CC(C2C=NC=NC2C)=C1. The van der Waals surface area contributed by atoms with Gasteiger partial charge in [0, 0.05) is 30.4 Å². The van der Waals surface area contributed by atoms with E-state index < -0.39 is 0 Å². The van der Waals surface area contributed by atoms with Crippen LogP contribution in [-0.2, 0) is 0 Å². The van der Waals surface area contributed by atoms with Crippen LogP contribution in [0.4, 0.5) is 0 Å². The quantitative estimate of drug-likeness (QED) is 0.826. The summed E-state index contributed by atoms with van der Waals surface area (Å²) in [7, 11) is 0. The van der Waals surface area contributed by atoms with E-state index in [4.69, 9.17) is 0 Å². The number of aliphatic imine (C=N–C) groups is 2. The zero-order chi connectivity index (χ0) is 13.9. The summed E-state index contributed by atoms with van der Waals surface area (Å²) in [5.74, 6) is 0.651. The van der Waals surface area contributed by atoms with E-state index in [-0.39, 0.29) is 6.04 Å². The van der Waals surface area contributed by atoms with Gasteiger partial charge in [-0.15, -0.1) is 0 Å². The molecule has 0 bridgehead atoms. The first-order valence-corrected chi connectivity index (χ1v) is 6.93. The molecule has 0 fully saturated rings. The van der Waals surface area contributed by atoms with Crippen molar-refractivity contribution >= 4 is 12.6 Å². The van der Waals surface area contributed by atoms with Gasteiger partial charge in [0.2, 0.25) is 0 Å². The minimum absolute atomic E-state index is 0.261. The molecular weight excluding hydrogens is 248 g/mol. The summed E-state index contributed by atoms with van der Waals surface area (Å²) in [6, 6.07) is 0.261. The van der Waals surface area contributed by atoms with Gasteiger partial charge < -0.3 is 0 Å². The number of rotatable bonds is 2. The molecule has 1 aromatic heterocycles. The smallest absolute Gasteiger partial charge is 0.115 e. The molecule has 1 aromatic rings. The fraction of sp³-hybridized carbons (Fsp3) is 0.375. The van der Waals surface area contributed by atoms with E-state index in [1.54, 1.807) is 12.7 Å². The Morgan fingerprint density at radius 2 is 2.00 bits per heavy atom. The number of hydrogen-bond donors (Lipinski definition) is 0. The van der Waals surface area contributed by atoms with Crippen molar-refractivity contribution in [2.45, 2.75) is 32.2 Å². The highest BCUT2D eigenvalue weighted by Crippen LogP contribution is 2.35. The maximum atomic E-state index is 4.40. The monoisotopic (exact) mass is 266 g/mol. The van der Waals surface area contributed by atoms with Crippen LogP contribution in [-0.4, -0.2) is 28.6 Å². The van der Waals surface area contributed by atoms with Crippen molar-refractivity contribution in [3.05, 3.63) is 47.6 Å². The molecule has 4 nitrogen and oxygen atoms in total. The summed E-state index contributed by atoms with van der Waals surface area (Å²) in [6.07, 6.45) is 14.6. The van der Waals surface area contributed by atoms with Gasteiger partial charge in [0.15, 0.2) is 0 Å². The first kappa shape index (κ1) is 12.9. The molecule has 1 aliphatic carbocycles. The third-order valence-electron chi connectivity index (χ3n) is 3.90. The molecule has 0 amide bonds. The van der Waals surface area contributed by atoms with Crippen LogP contribution in [0.25, 0.3) is 0 Å². The molecule has 0 saturated carbocycles. The van der Waals surface area contributed by atoms with Crippen molar-refractivity contribution in [1.82, 2.24) is 9.97 Å². The zero-order valence-corrected chi connectivity index (χ0v) is 11.8. The van der Waals surface area contributed by atoms with Gasteiger partial charge in [0.25, 0.3) is 0 Å². The Kier molecular flexibility index (Phi) is 3.54. The zero-order valence-electron chi connectivity index (χ0n) is 11.8. The predicted molar refractivity (Wildman–Crippen MR) is 81.2 cm³/mol. The van der Waals surface area contributed by atoms with Gasteiger partial charge in [0.05, 0.1) is 6.04 Å². The van der Waals surface area contributed by atoms with Gasteiger partial charge in [-0.25, -0.2) is 15.0 Å². The summed E-state index contributed by atoms with van der Waals surface area (Å²) >= 11 is 0. The summed E-state index contributed by atoms with van der Waals surface area (Å²) in [5, 5.41) is 0. The molecule has 0 spiro atoms. The van der Waals surface area contributed by atoms with Crippen molar-refractivity contribution in [2.24, 2.45) is 15.9 Å². The topological polar surface area (TPSA) is 50.5 Å². The van der Waals surface area contributed by atoms with Gasteiger partial charge in [-0.2, -0.15) is 0 Å². The van der Waals surface area contributed by atoms with Crippen LogP contribution in [0, 0.1) is 5.92 Å². The maximum Gasteiger partial charge on any atom is 0.115 e. The molecule has 0 aromatic carbocycles. The molecular formula is C16H18N4. The molecule has 20 heavy (non-hydrogen) atoms. The number of aromatic nitrogens is 2.